The molecule has 4 N–H and O–H groups in total. The molecule has 0 bridgehead atoms. The third-order valence-corrected chi connectivity index (χ3v) is 1.73. The van der Waals surface area contributed by atoms with Crippen molar-refractivity contribution in [3.63, 3.8) is 0 Å². The summed E-state index contributed by atoms with van der Waals surface area (Å²) in [5.41, 5.74) is 12.9. The molecule has 13 heavy (non-hydrogen) atoms. The van der Waals surface area contributed by atoms with E-state index in [0.29, 0.717) is 11.4 Å². The van der Waals surface area contributed by atoms with Gasteiger partial charge >= 0.3 is 5.97 Å². The first-order chi connectivity index (χ1) is 6.13. The lowest BCUT2D eigenvalue weighted by Gasteiger charge is -2.03. The van der Waals surface area contributed by atoms with Crippen LogP contribution in [0.3, 0.4) is 0 Å². The Hall–Kier alpha value is -1.71. The highest BCUT2D eigenvalue weighted by atomic mass is 16.5. The molecule has 70 valence electrons. The van der Waals surface area contributed by atoms with Crippen LogP contribution in [0.15, 0.2) is 18.2 Å². The van der Waals surface area contributed by atoms with Crippen molar-refractivity contribution in [1.29, 1.82) is 0 Å². The predicted octanol–water partition coefficient (Wildman–Crippen LogP) is 0.567. The van der Waals surface area contributed by atoms with Crippen LogP contribution in [0.25, 0.3) is 0 Å². The van der Waals surface area contributed by atoms with Gasteiger partial charge in [-0.25, -0.2) is 0 Å². The third-order valence-electron chi connectivity index (χ3n) is 1.73. The number of nitrogens with two attached hydrogens (primary N) is 2. The minimum absolute atomic E-state index is 0.223. The highest BCUT2D eigenvalue weighted by Crippen LogP contribution is 2.16. The average Bonchev–Trinajstić information content (AvgIpc) is 2.11. The summed E-state index contributed by atoms with van der Waals surface area (Å²) in [5.74, 6) is -0.288. The van der Waals surface area contributed by atoms with Gasteiger partial charge in [-0.2, -0.15) is 0 Å². The highest BCUT2D eigenvalue weighted by molar-refractivity contribution is 5.74. The molecule has 0 aliphatic heterocycles. The number of benzene rings is 1. The van der Waals surface area contributed by atoms with Crippen molar-refractivity contribution >= 4 is 17.3 Å². The Bertz CT molecular complexity index is 323. The topological polar surface area (TPSA) is 78.3 Å². The number of ether oxygens (including phenoxy) is 1. The van der Waals surface area contributed by atoms with Crippen LogP contribution in [0, 0.1) is 0 Å². The van der Waals surface area contributed by atoms with E-state index < -0.39 is 0 Å². The van der Waals surface area contributed by atoms with Crippen LogP contribution in [-0.2, 0) is 16.0 Å². The molecule has 1 aromatic carbocycles. The molecule has 0 saturated carbocycles. The first-order valence-electron chi connectivity index (χ1n) is 3.84. The van der Waals surface area contributed by atoms with E-state index in [9.17, 15) is 4.79 Å². The van der Waals surface area contributed by atoms with Crippen LogP contribution in [0.1, 0.15) is 5.56 Å². The Kier molecular flexibility index (Phi) is 2.74. The fourth-order valence-electron chi connectivity index (χ4n) is 0.973. The Balaban J connectivity index is 2.79. The minimum atomic E-state index is -0.288. The normalized spacial score (nSPS) is 9.62. The molecule has 0 radical (unpaired) electrons. The van der Waals surface area contributed by atoms with Gasteiger partial charge < -0.3 is 16.2 Å². The molecule has 4 heteroatoms. The predicted molar refractivity (Wildman–Crippen MR) is 51.0 cm³/mol. The van der Waals surface area contributed by atoms with Gasteiger partial charge in [0.25, 0.3) is 0 Å². The quantitative estimate of drug-likeness (QED) is 0.515. The molecule has 0 atom stereocenters. The van der Waals surface area contributed by atoms with E-state index in [1.807, 2.05) is 0 Å². The van der Waals surface area contributed by atoms with Gasteiger partial charge in [-0.3, -0.25) is 4.79 Å². The molecule has 4 nitrogen and oxygen atoms in total. The molecule has 0 unspecified atom stereocenters. The van der Waals surface area contributed by atoms with E-state index in [1.165, 1.54) is 7.11 Å². The van der Waals surface area contributed by atoms with Gasteiger partial charge in [0.05, 0.1) is 24.9 Å². The smallest absolute Gasteiger partial charge is 0.309 e. The Morgan fingerprint density at radius 1 is 1.38 bits per heavy atom. The minimum Gasteiger partial charge on any atom is -0.469 e. The van der Waals surface area contributed by atoms with Gasteiger partial charge in [-0.05, 0) is 17.7 Å². The number of rotatable bonds is 2. The maximum absolute atomic E-state index is 10.9. The Morgan fingerprint density at radius 3 is 2.62 bits per heavy atom. The molecule has 0 amide bonds. The van der Waals surface area contributed by atoms with Crippen molar-refractivity contribution in [2.24, 2.45) is 0 Å². The molecule has 0 aliphatic rings. The van der Waals surface area contributed by atoms with Gasteiger partial charge in [0.2, 0.25) is 0 Å². The van der Waals surface area contributed by atoms with Crippen molar-refractivity contribution in [2.75, 3.05) is 18.6 Å². The molecule has 0 fully saturated rings. The standard InChI is InChI=1S/C9H12N2O2/c1-13-9(12)5-6-2-3-7(10)8(11)4-6/h2-4H,5,10-11H2,1H3. The summed E-state index contributed by atoms with van der Waals surface area (Å²) in [5, 5.41) is 0. The van der Waals surface area contributed by atoms with Crippen LogP contribution in [0.2, 0.25) is 0 Å². The van der Waals surface area contributed by atoms with Crippen LogP contribution >= 0.6 is 0 Å². The number of esters is 1. The van der Waals surface area contributed by atoms with Crippen LogP contribution in [-0.4, -0.2) is 13.1 Å². The van der Waals surface area contributed by atoms with Crippen molar-refractivity contribution in [1.82, 2.24) is 0 Å². The van der Waals surface area contributed by atoms with E-state index in [1.54, 1.807) is 18.2 Å². The molecule has 0 aromatic heterocycles. The number of hydrogen-bond acceptors (Lipinski definition) is 4. The fourth-order valence-corrected chi connectivity index (χ4v) is 0.973. The molecule has 0 saturated heterocycles. The zero-order valence-electron chi connectivity index (χ0n) is 7.41. The Morgan fingerprint density at radius 2 is 2.08 bits per heavy atom. The lowest BCUT2D eigenvalue weighted by atomic mass is 10.1. The maximum atomic E-state index is 10.9. The van der Waals surface area contributed by atoms with Gasteiger partial charge in [0.1, 0.15) is 0 Å². The van der Waals surface area contributed by atoms with Crippen molar-refractivity contribution < 1.29 is 9.53 Å². The summed E-state index contributed by atoms with van der Waals surface area (Å²) in [6.07, 6.45) is 0.223. The average molecular weight is 180 g/mol. The molecular formula is C9H12N2O2. The molecule has 0 heterocycles. The zero-order valence-corrected chi connectivity index (χ0v) is 7.41. The molecule has 1 rings (SSSR count). The van der Waals surface area contributed by atoms with Gasteiger partial charge in [0, 0.05) is 0 Å². The number of hydrogen-bond donors (Lipinski definition) is 2. The van der Waals surface area contributed by atoms with Crippen LogP contribution < -0.4 is 11.5 Å². The zero-order chi connectivity index (χ0) is 9.84. The molecular weight excluding hydrogens is 168 g/mol. The fraction of sp³-hybridized carbons (Fsp3) is 0.222. The lowest BCUT2D eigenvalue weighted by Crippen LogP contribution is -2.05. The third kappa shape index (κ3) is 2.37. The van der Waals surface area contributed by atoms with Crippen LogP contribution in [0.4, 0.5) is 11.4 Å². The van der Waals surface area contributed by atoms with E-state index in [-0.39, 0.29) is 12.4 Å². The van der Waals surface area contributed by atoms with Gasteiger partial charge in [-0.15, -0.1) is 0 Å². The summed E-state index contributed by atoms with van der Waals surface area (Å²) >= 11 is 0. The molecule has 0 spiro atoms. The summed E-state index contributed by atoms with van der Waals surface area (Å²) in [6, 6.07) is 5.10. The van der Waals surface area contributed by atoms with E-state index in [0.717, 1.165) is 5.56 Å². The van der Waals surface area contributed by atoms with Gasteiger partial charge in [0.15, 0.2) is 0 Å². The maximum Gasteiger partial charge on any atom is 0.309 e. The number of carbonyl (C=O) groups excluding carboxylic acids is 1. The molecule has 0 aliphatic carbocycles. The second kappa shape index (κ2) is 3.80. The first-order valence-corrected chi connectivity index (χ1v) is 3.84. The van der Waals surface area contributed by atoms with Crippen molar-refractivity contribution in [3.05, 3.63) is 23.8 Å². The van der Waals surface area contributed by atoms with E-state index in [2.05, 4.69) is 4.74 Å². The summed E-state index contributed by atoms with van der Waals surface area (Å²) in [6.45, 7) is 0. The SMILES string of the molecule is COC(=O)Cc1ccc(N)c(N)c1. The lowest BCUT2D eigenvalue weighted by molar-refractivity contribution is -0.139. The summed E-state index contributed by atoms with van der Waals surface area (Å²) < 4.78 is 4.51. The number of anilines is 2. The van der Waals surface area contributed by atoms with E-state index in [4.69, 9.17) is 11.5 Å². The molecule has 1 aromatic rings. The highest BCUT2D eigenvalue weighted by Gasteiger charge is 2.03. The van der Waals surface area contributed by atoms with E-state index >= 15 is 0 Å². The summed E-state index contributed by atoms with van der Waals surface area (Å²) in [7, 11) is 1.35. The largest absolute Gasteiger partial charge is 0.469 e. The monoisotopic (exact) mass is 180 g/mol. The Labute approximate surface area is 76.5 Å². The second-order valence-electron chi connectivity index (χ2n) is 2.72. The number of methoxy groups -OCH3 is 1. The van der Waals surface area contributed by atoms with Crippen molar-refractivity contribution in [3.8, 4) is 0 Å². The number of nitrogen functional groups attached to an aromatic ring is 2. The summed E-state index contributed by atoms with van der Waals surface area (Å²) in [4.78, 5) is 10.9. The second-order valence-corrected chi connectivity index (χ2v) is 2.72. The van der Waals surface area contributed by atoms with Crippen molar-refractivity contribution in [2.45, 2.75) is 6.42 Å². The van der Waals surface area contributed by atoms with Gasteiger partial charge in [-0.1, -0.05) is 6.07 Å². The first kappa shape index (κ1) is 9.38. The number of carbonyl (C=O) groups is 1. The van der Waals surface area contributed by atoms with Crippen LogP contribution in [0.5, 0.6) is 0 Å².